The number of alkyl halides is 3. The zero-order valence-corrected chi connectivity index (χ0v) is 23.8. The molecule has 42 heavy (non-hydrogen) atoms. The second-order valence-electron chi connectivity index (χ2n) is 12.6. The topological polar surface area (TPSA) is 126 Å². The number of nitrogen functional groups attached to an aromatic ring is 1. The Kier molecular flexibility index (Phi) is 6.75. The number of anilines is 1. The molecule has 2 amide bonds. The Balaban J connectivity index is 1.31. The number of hydrogen-bond donors (Lipinski definition) is 3. The Hall–Kier alpha value is -3.67. The number of fused-ring (bicyclic) bond motifs is 2. The minimum Gasteiger partial charge on any atom is -0.390 e. The van der Waals surface area contributed by atoms with Crippen molar-refractivity contribution < 1.29 is 27.9 Å². The third kappa shape index (κ3) is 5.10. The third-order valence-corrected chi connectivity index (χ3v) is 9.23. The van der Waals surface area contributed by atoms with Gasteiger partial charge in [0.2, 0.25) is 0 Å². The zero-order valence-electron chi connectivity index (χ0n) is 23.8. The van der Waals surface area contributed by atoms with Crippen molar-refractivity contribution in [3.8, 4) is 11.3 Å². The molecule has 12 heteroatoms. The molecule has 1 atom stereocenters. The lowest BCUT2D eigenvalue weighted by atomic mass is 9.77. The number of carbonyl (C=O) groups excluding carboxylic acids is 2. The van der Waals surface area contributed by atoms with Crippen LogP contribution in [0.4, 0.5) is 19.0 Å². The number of halogens is 3. The predicted octanol–water partition coefficient (Wildman–Crippen LogP) is 4.81. The van der Waals surface area contributed by atoms with Crippen molar-refractivity contribution in [1.29, 1.82) is 0 Å². The molecule has 1 aliphatic heterocycles. The molecule has 0 spiro atoms. The molecular weight excluding hydrogens is 549 g/mol. The van der Waals surface area contributed by atoms with Crippen LogP contribution in [0.2, 0.25) is 0 Å². The summed E-state index contributed by atoms with van der Waals surface area (Å²) in [5.74, 6) is -0.632. The first-order valence-electron chi connectivity index (χ1n) is 14.5. The van der Waals surface area contributed by atoms with Crippen LogP contribution in [0, 0.1) is 11.8 Å². The summed E-state index contributed by atoms with van der Waals surface area (Å²) in [5, 5.41) is 17.5. The standard InChI is InChI=1S/C30H35F3N6O3/c1-15(16-4-5-16)38-14-18-12-17(13-21(30(31,32)33)23(18)28(38)41)22-10-11-39-26(36-22)24(25(34)37-39)27(40)35-20-8-6-19(7-9-20)29(2,3)42/h10-13,15-16,19-20,42H,4-9,14H2,1-3H3,(H2,34,37)(H,35,40)/t15-,19?,20?/m0/s1. The van der Waals surface area contributed by atoms with E-state index >= 15 is 0 Å². The van der Waals surface area contributed by atoms with E-state index in [-0.39, 0.29) is 58.4 Å². The van der Waals surface area contributed by atoms with Gasteiger partial charge in [-0.05, 0) is 94.9 Å². The number of nitrogens with one attached hydrogen (secondary N) is 1. The van der Waals surface area contributed by atoms with E-state index in [9.17, 15) is 27.9 Å². The van der Waals surface area contributed by atoms with Gasteiger partial charge in [-0.1, -0.05) is 0 Å². The molecule has 9 nitrogen and oxygen atoms in total. The van der Waals surface area contributed by atoms with E-state index in [1.807, 2.05) is 6.92 Å². The van der Waals surface area contributed by atoms with Gasteiger partial charge in [-0.3, -0.25) is 9.59 Å². The van der Waals surface area contributed by atoms with Crippen LogP contribution < -0.4 is 11.1 Å². The van der Waals surface area contributed by atoms with Gasteiger partial charge in [0.25, 0.3) is 11.8 Å². The average Bonchev–Trinajstić information content (AvgIpc) is 3.64. The summed E-state index contributed by atoms with van der Waals surface area (Å²) in [7, 11) is 0. The highest BCUT2D eigenvalue weighted by atomic mass is 19.4. The van der Waals surface area contributed by atoms with Crippen LogP contribution in [0.25, 0.3) is 16.9 Å². The van der Waals surface area contributed by atoms with Crippen LogP contribution in [0.5, 0.6) is 0 Å². The van der Waals surface area contributed by atoms with Crippen LogP contribution in [-0.4, -0.2) is 54.1 Å². The first kappa shape index (κ1) is 28.4. The maximum absolute atomic E-state index is 14.3. The fourth-order valence-electron chi connectivity index (χ4n) is 6.54. The Morgan fingerprint density at radius 1 is 1.14 bits per heavy atom. The maximum atomic E-state index is 14.3. The number of nitrogens with two attached hydrogens (primary N) is 1. The number of carbonyl (C=O) groups is 2. The molecule has 2 saturated carbocycles. The molecule has 6 rings (SSSR count). The molecule has 0 unspecified atom stereocenters. The maximum Gasteiger partial charge on any atom is 0.417 e. The molecule has 0 bridgehead atoms. The second kappa shape index (κ2) is 9.96. The quantitative estimate of drug-likeness (QED) is 0.382. The summed E-state index contributed by atoms with van der Waals surface area (Å²) in [6, 6.07) is 3.81. The number of aromatic nitrogens is 3. The van der Waals surface area contributed by atoms with Crippen LogP contribution in [-0.2, 0) is 12.7 Å². The highest BCUT2D eigenvalue weighted by Gasteiger charge is 2.44. The Morgan fingerprint density at radius 2 is 1.83 bits per heavy atom. The van der Waals surface area contributed by atoms with E-state index < -0.39 is 29.2 Å². The molecule has 224 valence electrons. The monoisotopic (exact) mass is 584 g/mol. The van der Waals surface area contributed by atoms with Crippen molar-refractivity contribution in [2.45, 2.75) is 89.7 Å². The molecule has 2 aliphatic carbocycles. The smallest absolute Gasteiger partial charge is 0.390 e. The van der Waals surface area contributed by atoms with E-state index in [2.05, 4.69) is 15.4 Å². The van der Waals surface area contributed by atoms with Crippen molar-refractivity contribution in [3.05, 3.63) is 46.6 Å². The van der Waals surface area contributed by atoms with Crippen LogP contribution in [0.15, 0.2) is 24.4 Å². The van der Waals surface area contributed by atoms with Crippen molar-refractivity contribution in [1.82, 2.24) is 24.8 Å². The Morgan fingerprint density at radius 3 is 2.45 bits per heavy atom. The number of hydrogen-bond acceptors (Lipinski definition) is 6. The van der Waals surface area contributed by atoms with Gasteiger partial charge in [0.1, 0.15) is 5.56 Å². The zero-order chi connectivity index (χ0) is 30.1. The number of rotatable bonds is 6. The molecule has 3 aliphatic rings. The number of benzene rings is 1. The van der Waals surface area contributed by atoms with Crippen molar-refractivity contribution in [2.75, 3.05) is 5.73 Å². The molecule has 3 aromatic rings. The van der Waals surface area contributed by atoms with Crippen molar-refractivity contribution >= 4 is 23.3 Å². The summed E-state index contributed by atoms with van der Waals surface area (Å²) in [5.41, 5.74) is 4.93. The first-order chi connectivity index (χ1) is 19.7. The lowest BCUT2D eigenvalue weighted by Gasteiger charge is -2.36. The number of aliphatic hydroxyl groups is 1. The molecule has 1 aromatic carbocycles. The van der Waals surface area contributed by atoms with Gasteiger partial charge in [-0.25, -0.2) is 9.50 Å². The van der Waals surface area contributed by atoms with Gasteiger partial charge in [-0.15, -0.1) is 5.10 Å². The molecule has 0 radical (unpaired) electrons. The highest BCUT2D eigenvalue weighted by molar-refractivity contribution is 6.04. The molecule has 2 aromatic heterocycles. The van der Waals surface area contributed by atoms with Crippen LogP contribution in [0.3, 0.4) is 0 Å². The Bertz CT molecular complexity index is 1560. The van der Waals surface area contributed by atoms with Gasteiger partial charge < -0.3 is 21.1 Å². The van der Waals surface area contributed by atoms with Crippen molar-refractivity contribution in [2.24, 2.45) is 11.8 Å². The largest absolute Gasteiger partial charge is 0.417 e. The van der Waals surface area contributed by atoms with E-state index in [1.54, 1.807) is 19.9 Å². The fraction of sp³-hybridized carbons (Fsp3) is 0.533. The van der Waals surface area contributed by atoms with E-state index in [0.717, 1.165) is 31.7 Å². The Labute approximate surface area is 241 Å². The molecule has 2 fully saturated rings. The van der Waals surface area contributed by atoms with Crippen LogP contribution in [0.1, 0.15) is 91.1 Å². The lowest BCUT2D eigenvalue weighted by molar-refractivity contribution is -0.137. The average molecular weight is 585 g/mol. The van der Waals surface area contributed by atoms with E-state index in [0.29, 0.717) is 24.3 Å². The normalized spacial score (nSPS) is 22.0. The van der Waals surface area contributed by atoms with Gasteiger partial charge in [0.05, 0.1) is 22.4 Å². The minimum absolute atomic E-state index is 0.0393. The molecular formula is C30H35F3N6O3. The molecule has 4 N–H and O–H groups in total. The third-order valence-electron chi connectivity index (χ3n) is 9.23. The summed E-state index contributed by atoms with van der Waals surface area (Å²) < 4.78 is 44.1. The van der Waals surface area contributed by atoms with Gasteiger partial charge in [0.15, 0.2) is 11.5 Å². The summed E-state index contributed by atoms with van der Waals surface area (Å²) in [6.45, 7) is 5.58. The fourth-order valence-corrected chi connectivity index (χ4v) is 6.54. The van der Waals surface area contributed by atoms with Gasteiger partial charge >= 0.3 is 6.18 Å². The van der Waals surface area contributed by atoms with Gasteiger partial charge in [-0.2, -0.15) is 13.2 Å². The summed E-state index contributed by atoms with van der Waals surface area (Å²) in [4.78, 5) is 32.6. The van der Waals surface area contributed by atoms with Crippen LogP contribution >= 0.6 is 0 Å². The second-order valence-corrected chi connectivity index (χ2v) is 12.6. The SMILES string of the molecule is C[C@@H](C1CC1)N1Cc2cc(-c3ccn4nc(N)c(C(=O)NC5CCC(C(C)(C)O)CC5)c4n3)cc(C(F)(F)F)c2C1=O. The van der Waals surface area contributed by atoms with E-state index in [4.69, 9.17) is 5.73 Å². The lowest BCUT2D eigenvalue weighted by Crippen LogP contribution is -2.41. The molecule has 0 saturated heterocycles. The van der Waals surface area contributed by atoms with E-state index in [1.165, 1.54) is 21.7 Å². The van der Waals surface area contributed by atoms with Crippen molar-refractivity contribution in [3.63, 3.8) is 0 Å². The van der Waals surface area contributed by atoms with Gasteiger partial charge in [0, 0.05) is 30.4 Å². The summed E-state index contributed by atoms with van der Waals surface area (Å²) in [6.07, 6.45) is 1.62. The molecule has 3 heterocycles. The minimum atomic E-state index is -4.74. The predicted molar refractivity (Wildman–Crippen MR) is 149 cm³/mol. The number of amides is 2. The number of nitrogens with zero attached hydrogens (tertiary/aromatic N) is 4. The first-order valence-corrected chi connectivity index (χ1v) is 14.5. The summed E-state index contributed by atoms with van der Waals surface area (Å²) >= 11 is 0. The highest BCUT2D eigenvalue weighted by Crippen LogP contribution is 2.43.